The van der Waals surface area contributed by atoms with Gasteiger partial charge >= 0.3 is 5.63 Å². The Morgan fingerprint density at radius 3 is 2.59 bits per heavy atom. The zero-order valence-corrected chi connectivity index (χ0v) is 15.7. The first-order valence-electron chi connectivity index (χ1n) is 8.78. The number of ether oxygens (including phenoxy) is 1. The summed E-state index contributed by atoms with van der Waals surface area (Å²) in [6, 6.07) is 15.3. The molecule has 0 saturated heterocycles. The maximum Gasteiger partial charge on any atom is 0.349 e. The minimum absolute atomic E-state index is 0.0630. The second kappa shape index (κ2) is 7.16. The van der Waals surface area contributed by atoms with Crippen LogP contribution in [0.25, 0.3) is 16.7 Å². The molecule has 8 heteroatoms. The predicted molar refractivity (Wildman–Crippen MR) is 108 cm³/mol. The number of amides is 1. The van der Waals surface area contributed by atoms with E-state index in [1.54, 1.807) is 49.4 Å². The van der Waals surface area contributed by atoms with Gasteiger partial charge in [-0.25, -0.2) is 9.48 Å². The Kier molecular flexibility index (Phi) is 4.52. The number of anilines is 1. The normalized spacial score (nSPS) is 10.8. The molecule has 2 aromatic carbocycles. The van der Waals surface area contributed by atoms with E-state index < -0.39 is 17.1 Å². The van der Waals surface area contributed by atoms with Crippen molar-refractivity contribution >= 4 is 22.6 Å². The van der Waals surface area contributed by atoms with Gasteiger partial charge in [0.15, 0.2) is 0 Å². The van der Waals surface area contributed by atoms with E-state index in [0.717, 1.165) is 0 Å². The zero-order valence-electron chi connectivity index (χ0n) is 15.7. The van der Waals surface area contributed by atoms with Crippen LogP contribution < -0.4 is 21.2 Å². The van der Waals surface area contributed by atoms with E-state index in [-0.39, 0.29) is 11.3 Å². The SMILES string of the molecule is COc1ccc2cc(C(=O)Nc3c(C)[nH]n(-c4ccccc4)c3=O)c(=O)oc2c1. The molecular weight excluding hydrogens is 374 g/mol. The molecule has 0 aliphatic carbocycles. The molecule has 0 saturated carbocycles. The number of carbonyl (C=O) groups excluding carboxylic acids is 1. The van der Waals surface area contributed by atoms with Crippen molar-refractivity contribution in [1.82, 2.24) is 9.78 Å². The number of nitrogens with one attached hydrogen (secondary N) is 2. The summed E-state index contributed by atoms with van der Waals surface area (Å²) in [5.74, 6) is -0.196. The molecule has 0 unspecified atom stereocenters. The first-order chi connectivity index (χ1) is 14.0. The molecule has 0 bridgehead atoms. The standard InChI is InChI=1S/C21H17N3O5/c1-12-18(20(26)24(23-12)14-6-4-3-5-7-14)22-19(25)16-10-13-8-9-15(28-2)11-17(13)29-21(16)27/h3-11,23H,1-2H3,(H,22,25). The lowest BCUT2D eigenvalue weighted by molar-refractivity contribution is 0.102. The third kappa shape index (κ3) is 3.31. The van der Waals surface area contributed by atoms with Crippen molar-refractivity contribution in [3.8, 4) is 11.4 Å². The number of benzene rings is 2. The van der Waals surface area contributed by atoms with Gasteiger partial charge in [-0.3, -0.25) is 14.7 Å². The molecule has 0 aliphatic heterocycles. The van der Waals surface area contributed by atoms with E-state index >= 15 is 0 Å². The lowest BCUT2D eigenvalue weighted by Crippen LogP contribution is -2.25. The summed E-state index contributed by atoms with van der Waals surface area (Å²) in [5.41, 5.74) is 0.0105. The Labute approximate surface area is 164 Å². The lowest BCUT2D eigenvalue weighted by atomic mass is 10.1. The van der Waals surface area contributed by atoms with Gasteiger partial charge in [0.1, 0.15) is 22.6 Å². The topological polar surface area (TPSA) is 106 Å². The van der Waals surface area contributed by atoms with Crippen molar-refractivity contribution < 1.29 is 13.9 Å². The van der Waals surface area contributed by atoms with Crippen molar-refractivity contribution in [2.45, 2.75) is 6.92 Å². The molecule has 2 aromatic heterocycles. The second-order valence-corrected chi connectivity index (χ2v) is 6.39. The summed E-state index contributed by atoms with van der Waals surface area (Å²) in [7, 11) is 1.50. The Morgan fingerprint density at radius 1 is 1.10 bits per heavy atom. The third-order valence-electron chi connectivity index (χ3n) is 4.51. The van der Waals surface area contributed by atoms with Crippen LogP contribution in [0, 0.1) is 6.92 Å². The number of fused-ring (bicyclic) bond motifs is 1. The molecule has 0 fully saturated rings. The van der Waals surface area contributed by atoms with E-state index in [0.29, 0.717) is 28.1 Å². The number of para-hydroxylation sites is 1. The highest BCUT2D eigenvalue weighted by atomic mass is 16.5. The van der Waals surface area contributed by atoms with Gasteiger partial charge in [-0.1, -0.05) is 18.2 Å². The quantitative estimate of drug-likeness (QED) is 0.520. The highest BCUT2D eigenvalue weighted by Crippen LogP contribution is 2.20. The number of carbonyl (C=O) groups is 1. The minimum atomic E-state index is -0.806. The van der Waals surface area contributed by atoms with Gasteiger partial charge in [-0.15, -0.1) is 0 Å². The van der Waals surface area contributed by atoms with Crippen LogP contribution in [0.3, 0.4) is 0 Å². The number of aromatic nitrogens is 2. The fraction of sp³-hybridized carbons (Fsp3) is 0.0952. The second-order valence-electron chi connectivity index (χ2n) is 6.39. The molecule has 146 valence electrons. The number of hydrogen-bond donors (Lipinski definition) is 2. The van der Waals surface area contributed by atoms with E-state index in [1.165, 1.54) is 17.9 Å². The average molecular weight is 391 g/mol. The number of methoxy groups -OCH3 is 1. The first kappa shape index (κ1) is 18.3. The molecule has 2 N–H and O–H groups in total. The van der Waals surface area contributed by atoms with Crippen molar-refractivity contribution in [2.75, 3.05) is 12.4 Å². The predicted octanol–water partition coefficient (Wildman–Crippen LogP) is 2.84. The van der Waals surface area contributed by atoms with Crippen LogP contribution in [0.2, 0.25) is 0 Å². The van der Waals surface area contributed by atoms with E-state index in [2.05, 4.69) is 10.4 Å². The maximum absolute atomic E-state index is 12.7. The molecule has 8 nitrogen and oxygen atoms in total. The number of nitrogens with zero attached hydrogens (tertiary/aromatic N) is 1. The molecule has 0 radical (unpaired) electrons. The highest BCUT2D eigenvalue weighted by molar-refractivity contribution is 6.05. The van der Waals surface area contributed by atoms with E-state index in [4.69, 9.17) is 9.15 Å². The van der Waals surface area contributed by atoms with E-state index in [1.807, 2.05) is 6.07 Å². The molecule has 4 rings (SSSR count). The Morgan fingerprint density at radius 2 is 1.86 bits per heavy atom. The van der Waals surface area contributed by atoms with Gasteiger partial charge in [0.25, 0.3) is 11.5 Å². The van der Waals surface area contributed by atoms with Crippen LogP contribution in [-0.2, 0) is 0 Å². The fourth-order valence-electron chi connectivity index (χ4n) is 3.01. The van der Waals surface area contributed by atoms with Crippen LogP contribution in [0.5, 0.6) is 5.75 Å². The van der Waals surface area contributed by atoms with Crippen LogP contribution in [0.1, 0.15) is 16.1 Å². The van der Waals surface area contributed by atoms with Crippen LogP contribution in [0.4, 0.5) is 5.69 Å². The van der Waals surface area contributed by atoms with Crippen molar-refractivity contribution in [3.63, 3.8) is 0 Å². The van der Waals surface area contributed by atoms with Crippen LogP contribution in [0.15, 0.2) is 68.6 Å². The van der Waals surface area contributed by atoms with Crippen LogP contribution in [-0.4, -0.2) is 22.8 Å². The molecule has 0 atom stereocenters. The highest BCUT2D eigenvalue weighted by Gasteiger charge is 2.19. The summed E-state index contributed by atoms with van der Waals surface area (Å²) >= 11 is 0. The number of rotatable bonds is 4. The first-order valence-corrected chi connectivity index (χ1v) is 8.78. The zero-order chi connectivity index (χ0) is 20.5. The van der Waals surface area contributed by atoms with Gasteiger partial charge in [-0.2, -0.15) is 0 Å². The fourth-order valence-corrected chi connectivity index (χ4v) is 3.01. The number of H-pyrrole nitrogens is 1. The van der Waals surface area contributed by atoms with Gasteiger partial charge in [0.05, 0.1) is 18.5 Å². The van der Waals surface area contributed by atoms with Gasteiger partial charge in [-0.05, 0) is 37.3 Å². The average Bonchev–Trinajstić information content (AvgIpc) is 3.01. The Balaban J connectivity index is 1.70. The summed E-state index contributed by atoms with van der Waals surface area (Å²) in [4.78, 5) is 37.7. The van der Waals surface area contributed by atoms with Gasteiger partial charge in [0.2, 0.25) is 0 Å². The van der Waals surface area contributed by atoms with Crippen molar-refractivity contribution in [2.24, 2.45) is 0 Å². The summed E-state index contributed by atoms with van der Waals surface area (Å²) < 4.78 is 11.7. The maximum atomic E-state index is 12.7. The Bertz CT molecular complexity index is 1330. The summed E-state index contributed by atoms with van der Waals surface area (Å²) in [6.07, 6.45) is 0. The molecule has 1 amide bonds. The molecule has 2 heterocycles. The monoisotopic (exact) mass is 391 g/mol. The summed E-state index contributed by atoms with van der Waals surface area (Å²) in [5, 5.41) is 6.00. The molecule has 0 spiro atoms. The summed E-state index contributed by atoms with van der Waals surface area (Å²) in [6.45, 7) is 1.66. The minimum Gasteiger partial charge on any atom is -0.497 e. The lowest BCUT2D eigenvalue weighted by Gasteiger charge is -2.05. The van der Waals surface area contributed by atoms with Gasteiger partial charge < -0.3 is 14.5 Å². The van der Waals surface area contributed by atoms with E-state index in [9.17, 15) is 14.4 Å². The van der Waals surface area contributed by atoms with Gasteiger partial charge in [0, 0.05) is 11.5 Å². The largest absolute Gasteiger partial charge is 0.497 e. The molecular formula is C21H17N3O5. The number of hydrogen-bond acceptors (Lipinski definition) is 5. The van der Waals surface area contributed by atoms with Crippen molar-refractivity contribution in [1.29, 1.82) is 0 Å². The smallest absolute Gasteiger partial charge is 0.349 e. The molecule has 0 aliphatic rings. The number of aryl methyl sites for hydroxylation is 1. The molecule has 29 heavy (non-hydrogen) atoms. The number of aromatic amines is 1. The molecule has 4 aromatic rings. The third-order valence-corrected chi connectivity index (χ3v) is 4.51. The van der Waals surface area contributed by atoms with Crippen molar-refractivity contribution in [3.05, 3.63) is 86.6 Å². The Hall–Kier alpha value is -4.07. The van der Waals surface area contributed by atoms with Crippen LogP contribution >= 0.6 is 0 Å².